The zero-order valence-corrected chi connectivity index (χ0v) is 13.3. The van der Waals surface area contributed by atoms with Crippen LogP contribution in [0.3, 0.4) is 0 Å². The Labute approximate surface area is 131 Å². The van der Waals surface area contributed by atoms with Gasteiger partial charge in [-0.2, -0.15) is 8.42 Å². The molecule has 0 spiro atoms. The van der Waals surface area contributed by atoms with E-state index in [9.17, 15) is 8.42 Å². The summed E-state index contributed by atoms with van der Waals surface area (Å²) in [7, 11) is -3.86. The molecule has 0 aliphatic heterocycles. The first-order valence-electron chi connectivity index (χ1n) is 6.24. The SMILES string of the molecule is O=S(=O)(Oc1ccc2ccccc2c1)c1ccccc1Br. The molecule has 106 valence electrons. The Morgan fingerprint density at radius 2 is 1.48 bits per heavy atom. The van der Waals surface area contributed by atoms with E-state index in [-0.39, 0.29) is 4.90 Å². The smallest absolute Gasteiger partial charge is 0.340 e. The molecule has 3 aromatic carbocycles. The third-order valence-electron chi connectivity index (χ3n) is 3.03. The Morgan fingerprint density at radius 3 is 2.24 bits per heavy atom. The van der Waals surface area contributed by atoms with Gasteiger partial charge in [0, 0.05) is 4.47 Å². The van der Waals surface area contributed by atoms with Gasteiger partial charge < -0.3 is 4.18 Å². The molecule has 0 fully saturated rings. The number of hydrogen-bond donors (Lipinski definition) is 0. The van der Waals surface area contributed by atoms with Crippen LogP contribution in [0.15, 0.2) is 76.1 Å². The summed E-state index contributed by atoms with van der Waals surface area (Å²) in [6.45, 7) is 0. The van der Waals surface area contributed by atoms with Gasteiger partial charge in [0.1, 0.15) is 10.6 Å². The number of fused-ring (bicyclic) bond motifs is 1. The summed E-state index contributed by atoms with van der Waals surface area (Å²) in [5, 5.41) is 1.96. The molecule has 0 heterocycles. The molecule has 5 heteroatoms. The van der Waals surface area contributed by atoms with Crippen LogP contribution < -0.4 is 4.18 Å². The molecule has 0 saturated heterocycles. The fourth-order valence-corrected chi connectivity index (χ4v) is 3.92. The van der Waals surface area contributed by atoms with Crippen molar-refractivity contribution >= 4 is 36.8 Å². The summed E-state index contributed by atoms with van der Waals surface area (Å²) < 4.78 is 30.3. The summed E-state index contributed by atoms with van der Waals surface area (Å²) in [4.78, 5) is 0.109. The van der Waals surface area contributed by atoms with Crippen LogP contribution in [-0.2, 0) is 10.1 Å². The second kappa shape index (κ2) is 5.50. The summed E-state index contributed by atoms with van der Waals surface area (Å²) in [5.41, 5.74) is 0. The average molecular weight is 363 g/mol. The van der Waals surface area contributed by atoms with Gasteiger partial charge >= 0.3 is 10.1 Å². The maximum absolute atomic E-state index is 12.3. The molecule has 0 aliphatic rings. The van der Waals surface area contributed by atoms with Crippen LogP contribution in [0.4, 0.5) is 0 Å². The Kier molecular flexibility index (Phi) is 3.69. The Balaban J connectivity index is 1.99. The van der Waals surface area contributed by atoms with Crippen molar-refractivity contribution in [2.24, 2.45) is 0 Å². The zero-order valence-electron chi connectivity index (χ0n) is 10.9. The van der Waals surface area contributed by atoms with Crippen LogP contribution in [0, 0.1) is 0 Å². The third kappa shape index (κ3) is 2.94. The molecule has 21 heavy (non-hydrogen) atoms. The average Bonchev–Trinajstić information content (AvgIpc) is 2.47. The monoisotopic (exact) mass is 362 g/mol. The minimum absolute atomic E-state index is 0.109. The minimum atomic E-state index is -3.86. The minimum Gasteiger partial charge on any atom is -0.379 e. The molecular formula is C16H11BrO3S. The van der Waals surface area contributed by atoms with E-state index in [0.29, 0.717) is 10.2 Å². The molecule has 0 aromatic heterocycles. The van der Waals surface area contributed by atoms with E-state index in [1.807, 2.05) is 30.3 Å². The molecule has 0 radical (unpaired) electrons. The number of hydrogen-bond acceptors (Lipinski definition) is 3. The fourth-order valence-electron chi connectivity index (χ4n) is 2.04. The van der Waals surface area contributed by atoms with E-state index in [1.54, 1.807) is 30.3 Å². The van der Waals surface area contributed by atoms with Gasteiger partial charge in [-0.25, -0.2) is 0 Å². The Morgan fingerprint density at radius 1 is 0.810 bits per heavy atom. The highest BCUT2D eigenvalue weighted by molar-refractivity contribution is 9.10. The lowest BCUT2D eigenvalue weighted by molar-refractivity contribution is 0.486. The molecule has 0 saturated carbocycles. The van der Waals surface area contributed by atoms with Crippen molar-refractivity contribution in [3.63, 3.8) is 0 Å². The van der Waals surface area contributed by atoms with Gasteiger partial charge in [-0.3, -0.25) is 0 Å². The predicted molar refractivity (Wildman–Crippen MR) is 85.9 cm³/mol. The Hall–Kier alpha value is -1.85. The summed E-state index contributed by atoms with van der Waals surface area (Å²) in [6.07, 6.45) is 0. The van der Waals surface area contributed by atoms with Gasteiger partial charge in [-0.1, -0.05) is 42.5 Å². The maximum atomic E-state index is 12.3. The summed E-state index contributed by atoms with van der Waals surface area (Å²) >= 11 is 3.23. The van der Waals surface area contributed by atoms with Crippen molar-refractivity contribution < 1.29 is 12.6 Å². The molecule has 3 rings (SSSR count). The second-order valence-corrected chi connectivity index (χ2v) is 6.85. The standard InChI is InChI=1S/C16H11BrO3S/c17-15-7-3-4-8-16(15)21(18,19)20-14-10-9-12-5-1-2-6-13(12)11-14/h1-11H. The first kappa shape index (κ1) is 14.1. The van der Waals surface area contributed by atoms with Gasteiger partial charge in [0.15, 0.2) is 0 Å². The maximum Gasteiger partial charge on any atom is 0.340 e. The highest BCUT2D eigenvalue weighted by Gasteiger charge is 2.19. The number of halogens is 1. The van der Waals surface area contributed by atoms with Crippen LogP contribution in [0.25, 0.3) is 10.8 Å². The normalized spacial score (nSPS) is 11.5. The highest BCUT2D eigenvalue weighted by Crippen LogP contribution is 2.27. The molecule has 0 unspecified atom stereocenters. The molecule has 3 aromatic rings. The highest BCUT2D eigenvalue weighted by atomic mass is 79.9. The summed E-state index contributed by atoms with van der Waals surface area (Å²) in [5.74, 6) is 0.296. The third-order valence-corrected chi connectivity index (χ3v) is 5.29. The number of benzene rings is 3. The summed E-state index contributed by atoms with van der Waals surface area (Å²) in [6, 6.07) is 19.5. The first-order chi connectivity index (χ1) is 10.1. The quantitative estimate of drug-likeness (QED) is 0.649. The number of rotatable bonds is 3. The van der Waals surface area contributed by atoms with Crippen molar-refractivity contribution in [3.05, 3.63) is 71.2 Å². The Bertz CT molecular complexity index is 904. The van der Waals surface area contributed by atoms with Crippen molar-refractivity contribution in [3.8, 4) is 5.75 Å². The van der Waals surface area contributed by atoms with Gasteiger partial charge in [-0.15, -0.1) is 0 Å². The molecule has 0 atom stereocenters. The van der Waals surface area contributed by atoms with E-state index in [0.717, 1.165) is 10.8 Å². The largest absolute Gasteiger partial charge is 0.379 e. The van der Waals surface area contributed by atoms with E-state index >= 15 is 0 Å². The lowest BCUT2D eigenvalue weighted by Crippen LogP contribution is -2.10. The van der Waals surface area contributed by atoms with Gasteiger partial charge in [0.05, 0.1) is 0 Å². The predicted octanol–water partition coefficient (Wildman–Crippen LogP) is 4.37. The van der Waals surface area contributed by atoms with Crippen molar-refractivity contribution in [2.45, 2.75) is 4.90 Å². The van der Waals surface area contributed by atoms with Gasteiger partial charge in [0.25, 0.3) is 0 Å². The van der Waals surface area contributed by atoms with Crippen LogP contribution in [0.5, 0.6) is 5.75 Å². The van der Waals surface area contributed by atoms with E-state index in [1.165, 1.54) is 6.07 Å². The van der Waals surface area contributed by atoms with Crippen molar-refractivity contribution in [2.75, 3.05) is 0 Å². The van der Waals surface area contributed by atoms with Crippen LogP contribution >= 0.6 is 15.9 Å². The lowest BCUT2D eigenvalue weighted by atomic mass is 10.1. The van der Waals surface area contributed by atoms with Crippen LogP contribution in [-0.4, -0.2) is 8.42 Å². The molecular weight excluding hydrogens is 352 g/mol. The second-order valence-electron chi connectivity index (χ2n) is 4.48. The first-order valence-corrected chi connectivity index (χ1v) is 8.44. The van der Waals surface area contributed by atoms with E-state index < -0.39 is 10.1 Å². The zero-order chi connectivity index (χ0) is 14.9. The molecule has 0 amide bonds. The molecule has 0 bridgehead atoms. The molecule has 0 N–H and O–H groups in total. The van der Waals surface area contributed by atoms with Gasteiger partial charge in [0.2, 0.25) is 0 Å². The van der Waals surface area contributed by atoms with Crippen LogP contribution in [0.2, 0.25) is 0 Å². The molecule has 0 aliphatic carbocycles. The van der Waals surface area contributed by atoms with Crippen LogP contribution in [0.1, 0.15) is 0 Å². The van der Waals surface area contributed by atoms with E-state index in [4.69, 9.17) is 4.18 Å². The van der Waals surface area contributed by atoms with E-state index in [2.05, 4.69) is 15.9 Å². The lowest BCUT2D eigenvalue weighted by Gasteiger charge is -2.09. The van der Waals surface area contributed by atoms with Crippen molar-refractivity contribution in [1.29, 1.82) is 0 Å². The van der Waals surface area contributed by atoms with Gasteiger partial charge in [-0.05, 0) is 51.0 Å². The van der Waals surface area contributed by atoms with Crippen molar-refractivity contribution in [1.82, 2.24) is 0 Å². The fraction of sp³-hybridized carbons (Fsp3) is 0. The topological polar surface area (TPSA) is 43.4 Å². The molecule has 3 nitrogen and oxygen atoms in total.